The highest BCUT2D eigenvalue weighted by Crippen LogP contribution is 2.23. The van der Waals surface area contributed by atoms with Crippen LogP contribution in [0.4, 0.5) is 0 Å². The SMILES string of the molecule is Cc1ncccc1-c1cc2cnc(Cl)cc2n(C)c1=O. The predicted octanol–water partition coefficient (Wildman–Crippen LogP) is 2.96. The van der Waals surface area contributed by atoms with Gasteiger partial charge in [0.2, 0.25) is 0 Å². The van der Waals surface area contributed by atoms with Crippen LogP contribution in [0.1, 0.15) is 5.69 Å². The predicted molar refractivity (Wildman–Crippen MR) is 80.0 cm³/mol. The first-order valence-electron chi connectivity index (χ1n) is 6.15. The molecule has 0 saturated heterocycles. The van der Waals surface area contributed by atoms with Crippen LogP contribution >= 0.6 is 11.6 Å². The second kappa shape index (κ2) is 4.72. The minimum atomic E-state index is -0.0733. The maximum Gasteiger partial charge on any atom is 0.258 e. The first kappa shape index (κ1) is 12.8. The van der Waals surface area contributed by atoms with Crippen molar-refractivity contribution in [2.24, 2.45) is 7.05 Å². The van der Waals surface area contributed by atoms with E-state index in [4.69, 9.17) is 11.6 Å². The van der Waals surface area contributed by atoms with E-state index in [1.807, 2.05) is 25.1 Å². The molecule has 3 aromatic rings. The smallest absolute Gasteiger partial charge is 0.258 e. The average Bonchev–Trinajstić information content (AvgIpc) is 2.44. The maximum absolute atomic E-state index is 12.5. The second-order valence-corrected chi connectivity index (χ2v) is 5.01. The van der Waals surface area contributed by atoms with Gasteiger partial charge in [-0.25, -0.2) is 4.98 Å². The molecule has 5 heteroatoms. The van der Waals surface area contributed by atoms with E-state index in [1.54, 1.807) is 30.1 Å². The highest BCUT2D eigenvalue weighted by molar-refractivity contribution is 6.30. The fourth-order valence-corrected chi connectivity index (χ4v) is 2.45. The number of aromatic nitrogens is 3. The summed E-state index contributed by atoms with van der Waals surface area (Å²) in [6.07, 6.45) is 3.39. The average molecular weight is 286 g/mol. The number of nitrogens with zero attached hydrogens (tertiary/aromatic N) is 3. The molecule has 0 bridgehead atoms. The topological polar surface area (TPSA) is 47.8 Å². The summed E-state index contributed by atoms with van der Waals surface area (Å²) >= 11 is 5.89. The molecule has 0 spiro atoms. The molecule has 3 rings (SSSR count). The summed E-state index contributed by atoms with van der Waals surface area (Å²) in [6, 6.07) is 7.25. The van der Waals surface area contributed by atoms with E-state index < -0.39 is 0 Å². The van der Waals surface area contributed by atoms with Crippen LogP contribution in [0.15, 0.2) is 41.5 Å². The fraction of sp³-hybridized carbons (Fsp3) is 0.133. The lowest BCUT2D eigenvalue weighted by Gasteiger charge is -2.10. The Labute approximate surface area is 120 Å². The second-order valence-electron chi connectivity index (χ2n) is 4.62. The van der Waals surface area contributed by atoms with Gasteiger partial charge >= 0.3 is 0 Å². The van der Waals surface area contributed by atoms with Crippen molar-refractivity contribution in [3.05, 3.63) is 57.9 Å². The molecule has 3 aromatic heterocycles. The lowest BCUT2D eigenvalue weighted by molar-refractivity contribution is 0.906. The summed E-state index contributed by atoms with van der Waals surface area (Å²) in [6.45, 7) is 1.89. The highest BCUT2D eigenvalue weighted by Gasteiger charge is 2.11. The number of hydrogen-bond donors (Lipinski definition) is 0. The number of aryl methyl sites for hydroxylation is 2. The Morgan fingerprint density at radius 1 is 1.20 bits per heavy atom. The molecule has 0 unspecified atom stereocenters. The van der Waals surface area contributed by atoms with Crippen molar-refractivity contribution in [3.63, 3.8) is 0 Å². The van der Waals surface area contributed by atoms with Crippen molar-refractivity contribution in [1.82, 2.24) is 14.5 Å². The molecule has 0 N–H and O–H groups in total. The molecule has 100 valence electrons. The van der Waals surface area contributed by atoms with Gasteiger partial charge in [0.1, 0.15) is 5.15 Å². The van der Waals surface area contributed by atoms with Gasteiger partial charge < -0.3 is 4.57 Å². The molecule has 0 saturated carbocycles. The van der Waals surface area contributed by atoms with Crippen LogP contribution in [-0.4, -0.2) is 14.5 Å². The number of fused-ring (bicyclic) bond motifs is 1. The van der Waals surface area contributed by atoms with Crippen LogP contribution < -0.4 is 5.56 Å². The van der Waals surface area contributed by atoms with Crippen LogP contribution in [0.25, 0.3) is 22.0 Å². The summed E-state index contributed by atoms with van der Waals surface area (Å²) in [5.41, 5.74) is 2.97. The van der Waals surface area contributed by atoms with E-state index in [9.17, 15) is 4.79 Å². The van der Waals surface area contributed by atoms with Crippen molar-refractivity contribution < 1.29 is 0 Å². The summed E-state index contributed by atoms with van der Waals surface area (Å²) in [5.74, 6) is 0. The van der Waals surface area contributed by atoms with Gasteiger partial charge in [0.25, 0.3) is 5.56 Å². The third-order valence-electron chi connectivity index (χ3n) is 3.37. The first-order chi connectivity index (χ1) is 9.58. The number of pyridine rings is 3. The van der Waals surface area contributed by atoms with E-state index in [0.717, 1.165) is 22.2 Å². The zero-order valence-corrected chi connectivity index (χ0v) is 11.8. The molecule has 0 aliphatic carbocycles. The lowest BCUT2D eigenvalue weighted by Crippen LogP contribution is -2.19. The summed E-state index contributed by atoms with van der Waals surface area (Å²) in [4.78, 5) is 20.8. The Morgan fingerprint density at radius 3 is 2.75 bits per heavy atom. The molecule has 0 amide bonds. The van der Waals surface area contributed by atoms with E-state index in [-0.39, 0.29) is 5.56 Å². The highest BCUT2D eigenvalue weighted by atomic mass is 35.5. The van der Waals surface area contributed by atoms with Gasteiger partial charge in [-0.15, -0.1) is 0 Å². The lowest BCUT2D eigenvalue weighted by atomic mass is 10.0. The minimum Gasteiger partial charge on any atom is -0.311 e. The van der Waals surface area contributed by atoms with E-state index in [2.05, 4.69) is 9.97 Å². The quantitative estimate of drug-likeness (QED) is 0.646. The van der Waals surface area contributed by atoms with Gasteiger partial charge in [-0.3, -0.25) is 9.78 Å². The standard InChI is InChI=1S/C15H12ClN3O/c1-9-11(4-3-5-17-9)12-6-10-8-18-14(16)7-13(10)19(2)15(12)20/h3-8H,1-2H3. The molecule has 0 aliphatic rings. The van der Waals surface area contributed by atoms with Gasteiger partial charge in [-0.05, 0) is 25.1 Å². The number of rotatable bonds is 1. The molecule has 0 fully saturated rings. The Bertz CT molecular complexity index is 871. The van der Waals surface area contributed by atoms with Gasteiger partial charge in [-0.2, -0.15) is 0 Å². The van der Waals surface area contributed by atoms with Crippen LogP contribution in [0, 0.1) is 6.92 Å². The molecular weight excluding hydrogens is 274 g/mol. The Balaban J connectivity index is 2.39. The van der Waals surface area contributed by atoms with E-state index in [0.29, 0.717) is 10.7 Å². The van der Waals surface area contributed by atoms with Crippen molar-refractivity contribution in [2.45, 2.75) is 6.92 Å². The summed E-state index contributed by atoms with van der Waals surface area (Å²) in [7, 11) is 1.73. The van der Waals surface area contributed by atoms with Crippen LogP contribution in [0.5, 0.6) is 0 Å². The maximum atomic E-state index is 12.5. The molecule has 3 heterocycles. The number of hydrogen-bond acceptors (Lipinski definition) is 3. The molecule has 0 aliphatic heterocycles. The third kappa shape index (κ3) is 1.98. The molecule has 0 atom stereocenters. The molecule has 0 aromatic carbocycles. The summed E-state index contributed by atoms with van der Waals surface area (Å²) in [5, 5.41) is 1.24. The Kier molecular flexibility index (Phi) is 3.03. The first-order valence-corrected chi connectivity index (χ1v) is 6.53. The van der Waals surface area contributed by atoms with Gasteiger partial charge in [0.15, 0.2) is 0 Å². The van der Waals surface area contributed by atoms with Crippen molar-refractivity contribution in [3.8, 4) is 11.1 Å². The molecule has 0 radical (unpaired) electrons. The fourth-order valence-electron chi connectivity index (χ4n) is 2.30. The Hall–Kier alpha value is -2.20. The monoisotopic (exact) mass is 285 g/mol. The van der Waals surface area contributed by atoms with Crippen molar-refractivity contribution in [1.29, 1.82) is 0 Å². The normalized spacial score (nSPS) is 10.9. The molecule has 4 nitrogen and oxygen atoms in total. The van der Waals surface area contributed by atoms with Crippen LogP contribution in [-0.2, 0) is 7.05 Å². The van der Waals surface area contributed by atoms with Crippen LogP contribution in [0.2, 0.25) is 5.15 Å². The zero-order valence-electron chi connectivity index (χ0n) is 11.1. The third-order valence-corrected chi connectivity index (χ3v) is 3.58. The molecular formula is C15H12ClN3O. The van der Waals surface area contributed by atoms with E-state index in [1.165, 1.54) is 0 Å². The molecule has 20 heavy (non-hydrogen) atoms. The largest absolute Gasteiger partial charge is 0.311 e. The number of halogens is 1. The van der Waals surface area contributed by atoms with Crippen molar-refractivity contribution in [2.75, 3.05) is 0 Å². The van der Waals surface area contributed by atoms with Gasteiger partial charge in [0.05, 0.1) is 5.52 Å². The summed E-state index contributed by atoms with van der Waals surface area (Å²) < 4.78 is 1.59. The zero-order chi connectivity index (χ0) is 14.3. The Morgan fingerprint density at radius 2 is 2.00 bits per heavy atom. The van der Waals surface area contributed by atoms with E-state index >= 15 is 0 Å². The minimum absolute atomic E-state index is 0.0733. The van der Waals surface area contributed by atoms with Crippen molar-refractivity contribution >= 4 is 22.5 Å². The van der Waals surface area contributed by atoms with Crippen LogP contribution in [0.3, 0.4) is 0 Å². The van der Waals surface area contributed by atoms with Gasteiger partial charge in [-0.1, -0.05) is 17.7 Å². The van der Waals surface area contributed by atoms with Gasteiger partial charge in [0, 0.05) is 41.6 Å².